The number of amides is 2. The number of aromatic nitrogens is 1. The standard InChI is InChI=1S/C17H18BrN3O2S/c1-11-20-13(10-24-11)6-7-19-17(23)12-8-16(22)21(9-12)15-5-3-2-4-14(15)18/h2-5,10,12H,6-9H2,1H3,(H,19,23)/t12-/m1/s1. The Morgan fingerprint density at radius 2 is 2.25 bits per heavy atom. The molecule has 2 heterocycles. The number of aryl methyl sites for hydroxylation is 1. The molecule has 0 bridgehead atoms. The molecule has 0 spiro atoms. The summed E-state index contributed by atoms with van der Waals surface area (Å²) in [5.74, 6) is -0.385. The highest BCUT2D eigenvalue weighted by Gasteiger charge is 2.35. The van der Waals surface area contributed by atoms with E-state index in [9.17, 15) is 9.59 Å². The van der Waals surface area contributed by atoms with Crippen molar-refractivity contribution < 1.29 is 9.59 Å². The largest absolute Gasteiger partial charge is 0.355 e. The van der Waals surface area contributed by atoms with E-state index < -0.39 is 0 Å². The van der Waals surface area contributed by atoms with Crippen LogP contribution in [0.15, 0.2) is 34.1 Å². The topological polar surface area (TPSA) is 62.3 Å². The van der Waals surface area contributed by atoms with Crippen LogP contribution < -0.4 is 10.2 Å². The van der Waals surface area contributed by atoms with Gasteiger partial charge in [-0.05, 0) is 35.0 Å². The molecule has 2 amide bonds. The van der Waals surface area contributed by atoms with Gasteiger partial charge in [-0.25, -0.2) is 4.98 Å². The third-order valence-corrected chi connectivity index (χ3v) is 5.48. The fraction of sp³-hybridized carbons (Fsp3) is 0.353. The van der Waals surface area contributed by atoms with Gasteiger partial charge in [-0.3, -0.25) is 9.59 Å². The van der Waals surface area contributed by atoms with Crippen molar-refractivity contribution in [1.82, 2.24) is 10.3 Å². The van der Waals surface area contributed by atoms with E-state index >= 15 is 0 Å². The summed E-state index contributed by atoms with van der Waals surface area (Å²) in [4.78, 5) is 30.6. The predicted molar refractivity (Wildman–Crippen MR) is 98.2 cm³/mol. The zero-order valence-corrected chi connectivity index (χ0v) is 15.7. The van der Waals surface area contributed by atoms with Gasteiger partial charge in [0.1, 0.15) is 0 Å². The number of rotatable bonds is 5. The maximum Gasteiger partial charge on any atom is 0.227 e. The first kappa shape index (κ1) is 17.1. The molecule has 24 heavy (non-hydrogen) atoms. The van der Waals surface area contributed by atoms with E-state index in [1.807, 2.05) is 36.6 Å². The summed E-state index contributed by atoms with van der Waals surface area (Å²) in [5, 5.41) is 5.96. The van der Waals surface area contributed by atoms with Crippen LogP contribution in [0.2, 0.25) is 0 Å². The van der Waals surface area contributed by atoms with Crippen molar-refractivity contribution in [2.75, 3.05) is 18.0 Å². The lowest BCUT2D eigenvalue weighted by atomic mass is 10.1. The monoisotopic (exact) mass is 407 g/mol. The summed E-state index contributed by atoms with van der Waals surface area (Å²) in [5.41, 5.74) is 1.81. The maximum atomic E-state index is 12.3. The van der Waals surface area contributed by atoms with Crippen molar-refractivity contribution in [2.45, 2.75) is 19.8 Å². The fourth-order valence-electron chi connectivity index (χ4n) is 2.77. The molecule has 1 N–H and O–H groups in total. The van der Waals surface area contributed by atoms with Crippen LogP contribution in [0.1, 0.15) is 17.1 Å². The van der Waals surface area contributed by atoms with Gasteiger partial charge in [0.2, 0.25) is 11.8 Å². The number of anilines is 1. The van der Waals surface area contributed by atoms with Crippen molar-refractivity contribution in [3.8, 4) is 0 Å². The van der Waals surface area contributed by atoms with E-state index in [0.717, 1.165) is 20.9 Å². The Bertz CT molecular complexity index is 762. The first-order valence-corrected chi connectivity index (χ1v) is 9.45. The van der Waals surface area contributed by atoms with Gasteiger partial charge in [-0.1, -0.05) is 12.1 Å². The van der Waals surface area contributed by atoms with Crippen molar-refractivity contribution >= 4 is 44.8 Å². The van der Waals surface area contributed by atoms with Crippen molar-refractivity contribution in [3.63, 3.8) is 0 Å². The molecule has 1 aromatic carbocycles. The van der Waals surface area contributed by atoms with Gasteiger partial charge in [0.15, 0.2) is 0 Å². The second-order valence-corrected chi connectivity index (χ2v) is 7.67. The molecule has 1 atom stereocenters. The third-order valence-electron chi connectivity index (χ3n) is 3.99. The molecule has 7 heteroatoms. The van der Waals surface area contributed by atoms with Crippen LogP contribution in [0.5, 0.6) is 0 Å². The Morgan fingerprint density at radius 1 is 1.46 bits per heavy atom. The molecule has 0 saturated carbocycles. The van der Waals surface area contributed by atoms with Crippen molar-refractivity contribution in [3.05, 3.63) is 44.8 Å². The van der Waals surface area contributed by atoms with E-state index in [0.29, 0.717) is 19.5 Å². The Hall–Kier alpha value is -1.73. The molecular weight excluding hydrogens is 390 g/mol. The number of hydrogen-bond acceptors (Lipinski definition) is 4. The van der Waals surface area contributed by atoms with Crippen LogP contribution in [0.4, 0.5) is 5.69 Å². The minimum absolute atomic E-state index is 0.0165. The Morgan fingerprint density at radius 3 is 2.96 bits per heavy atom. The van der Waals surface area contributed by atoms with Crippen LogP contribution in [-0.2, 0) is 16.0 Å². The first-order chi connectivity index (χ1) is 11.5. The predicted octanol–water partition coefficient (Wildman–Crippen LogP) is 2.93. The number of thiazole rings is 1. The molecule has 1 fully saturated rings. The molecule has 5 nitrogen and oxygen atoms in total. The highest BCUT2D eigenvalue weighted by Crippen LogP contribution is 2.31. The number of para-hydroxylation sites is 1. The van der Waals surface area contributed by atoms with Gasteiger partial charge in [0, 0.05) is 35.8 Å². The molecule has 0 unspecified atom stereocenters. The zero-order valence-electron chi connectivity index (χ0n) is 13.3. The van der Waals surface area contributed by atoms with Gasteiger partial charge in [0.05, 0.1) is 22.3 Å². The molecule has 0 aliphatic carbocycles. The Labute approximate surface area is 153 Å². The fourth-order valence-corrected chi connectivity index (χ4v) is 3.91. The minimum atomic E-state index is -0.304. The van der Waals surface area contributed by atoms with Crippen molar-refractivity contribution in [1.29, 1.82) is 0 Å². The zero-order chi connectivity index (χ0) is 17.1. The third kappa shape index (κ3) is 3.84. The summed E-state index contributed by atoms with van der Waals surface area (Å²) >= 11 is 5.07. The lowest BCUT2D eigenvalue weighted by Crippen LogP contribution is -2.34. The van der Waals surface area contributed by atoms with Gasteiger partial charge < -0.3 is 10.2 Å². The summed E-state index contributed by atoms with van der Waals surface area (Å²) in [6.07, 6.45) is 0.966. The SMILES string of the molecule is Cc1nc(CCNC(=O)[C@@H]2CC(=O)N(c3ccccc3Br)C2)cs1. The smallest absolute Gasteiger partial charge is 0.227 e. The molecule has 3 rings (SSSR count). The van der Waals surface area contributed by atoms with E-state index in [2.05, 4.69) is 26.2 Å². The van der Waals surface area contributed by atoms with E-state index in [4.69, 9.17) is 0 Å². The van der Waals surface area contributed by atoms with Crippen LogP contribution in [0.25, 0.3) is 0 Å². The van der Waals surface area contributed by atoms with Gasteiger partial charge in [-0.2, -0.15) is 0 Å². The van der Waals surface area contributed by atoms with Crippen LogP contribution in [0, 0.1) is 12.8 Å². The maximum absolute atomic E-state index is 12.3. The highest BCUT2D eigenvalue weighted by molar-refractivity contribution is 9.10. The van der Waals surface area contributed by atoms with Crippen LogP contribution >= 0.6 is 27.3 Å². The Balaban J connectivity index is 1.55. The minimum Gasteiger partial charge on any atom is -0.355 e. The van der Waals surface area contributed by atoms with Gasteiger partial charge >= 0.3 is 0 Å². The number of halogens is 1. The summed E-state index contributed by atoms with van der Waals surface area (Å²) < 4.78 is 0.860. The van der Waals surface area contributed by atoms with E-state index in [1.54, 1.807) is 16.2 Å². The molecule has 1 aliphatic rings. The number of hydrogen-bond donors (Lipinski definition) is 1. The van der Waals surface area contributed by atoms with Crippen molar-refractivity contribution in [2.24, 2.45) is 5.92 Å². The van der Waals surface area contributed by atoms with Crippen LogP contribution in [0.3, 0.4) is 0 Å². The van der Waals surface area contributed by atoms with E-state index in [1.165, 1.54) is 0 Å². The molecule has 1 aliphatic heterocycles. The normalized spacial score (nSPS) is 17.3. The second kappa shape index (κ2) is 7.44. The lowest BCUT2D eigenvalue weighted by molar-refractivity contribution is -0.126. The summed E-state index contributed by atoms with van der Waals surface area (Å²) in [6, 6.07) is 7.56. The lowest BCUT2D eigenvalue weighted by Gasteiger charge is -2.18. The molecule has 1 aromatic heterocycles. The number of nitrogens with one attached hydrogen (secondary N) is 1. The average molecular weight is 408 g/mol. The van der Waals surface area contributed by atoms with Gasteiger partial charge in [0.25, 0.3) is 0 Å². The van der Waals surface area contributed by atoms with Crippen LogP contribution in [-0.4, -0.2) is 29.9 Å². The average Bonchev–Trinajstić information content (AvgIpc) is 3.14. The molecular formula is C17H18BrN3O2S. The summed E-state index contributed by atoms with van der Waals surface area (Å²) in [6.45, 7) is 2.93. The molecule has 2 aromatic rings. The number of nitrogens with zero attached hydrogens (tertiary/aromatic N) is 2. The molecule has 0 radical (unpaired) electrons. The Kier molecular flexibility index (Phi) is 5.30. The number of benzene rings is 1. The highest BCUT2D eigenvalue weighted by atomic mass is 79.9. The first-order valence-electron chi connectivity index (χ1n) is 7.78. The van der Waals surface area contributed by atoms with E-state index in [-0.39, 0.29) is 24.2 Å². The second-order valence-electron chi connectivity index (χ2n) is 5.76. The molecule has 126 valence electrons. The summed E-state index contributed by atoms with van der Waals surface area (Å²) in [7, 11) is 0. The number of carbonyl (C=O) groups is 2. The quantitative estimate of drug-likeness (QED) is 0.828. The number of carbonyl (C=O) groups excluding carboxylic acids is 2. The van der Waals surface area contributed by atoms with Gasteiger partial charge in [-0.15, -0.1) is 11.3 Å². The molecule has 1 saturated heterocycles.